The van der Waals surface area contributed by atoms with Gasteiger partial charge in [0, 0.05) is 22.3 Å². The second-order valence-corrected chi connectivity index (χ2v) is 14.6. The van der Waals surface area contributed by atoms with Gasteiger partial charge in [0.25, 0.3) is 0 Å². The summed E-state index contributed by atoms with van der Waals surface area (Å²) < 4.78 is 1.64. The van der Waals surface area contributed by atoms with Crippen LogP contribution in [0.3, 0.4) is 0 Å². The average molecular weight is 804 g/mol. The van der Waals surface area contributed by atoms with Crippen molar-refractivity contribution in [2.75, 3.05) is 0 Å². The van der Waals surface area contributed by atoms with Gasteiger partial charge >= 0.3 is 20.4 Å². The summed E-state index contributed by atoms with van der Waals surface area (Å²) in [7, 11) is 0. The Morgan fingerprint density at radius 3 is 1.17 bits per heavy atom. The van der Waals surface area contributed by atoms with Crippen LogP contribution in [-0.4, -0.2) is 4.70 Å². The van der Waals surface area contributed by atoms with E-state index in [9.17, 15) is 5.53 Å². The third-order valence-electron chi connectivity index (χ3n) is 10.7. The fourth-order valence-corrected chi connectivity index (χ4v) is 7.58. The number of benzene rings is 2. The van der Waals surface area contributed by atoms with Gasteiger partial charge in [-0.3, -0.25) is 0 Å². The van der Waals surface area contributed by atoms with Crippen LogP contribution in [-0.2, 0) is 39.7 Å². The van der Waals surface area contributed by atoms with Crippen LogP contribution in [0, 0.1) is 34.6 Å². The Kier molecular flexibility index (Phi) is 28.5. The minimum absolute atomic E-state index is 0. The predicted molar refractivity (Wildman–Crippen MR) is 229 cm³/mol. The number of aryl methyl sites for hydroxylation is 4. The number of nitrogens with zero attached hydrogens (tertiary/aromatic N) is 2. The van der Waals surface area contributed by atoms with E-state index in [0.29, 0.717) is 0 Å². The molecule has 296 valence electrons. The Balaban J connectivity index is 0.00000502. The minimum Gasteiger partial charge on any atom is -0.493 e. The Labute approximate surface area is 338 Å². The van der Waals surface area contributed by atoms with Crippen LogP contribution in [0.25, 0.3) is 16.9 Å². The van der Waals surface area contributed by atoms with E-state index in [1.165, 1.54) is 117 Å². The average Bonchev–Trinajstić information content (AvgIpc) is 3.42. The number of allylic oxidation sites excluding steroid dienone is 2. The molecule has 2 nitrogen and oxygen atoms in total. The van der Waals surface area contributed by atoms with Crippen molar-refractivity contribution in [3.05, 3.63) is 99.3 Å². The molecule has 0 saturated carbocycles. The molecule has 0 unspecified atom stereocenters. The SMILES string of the molecule is CCCCCCc1cc(C2=C(CCCC)C(CCCC)=C(c3cc(C)c(C)c(C)c3)[N+]2=[N-])cc(CCCCCC)c1CCCCCC.[CH2-]C.[CH2-]C.[Pd+2]. The van der Waals surface area contributed by atoms with Gasteiger partial charge in [-0.25, -0.2) is 4.70 Å². The topological polar surface area (TPSA) is 25.3 Å². The molecule has 0 radical (unpaired) electrons. The van der Waals surface area contributed by atoms with E-state index >= 15 is 0 Å². The molecule has 52 heavy (non-hydrogen) atoms. The van der Waals surface area contributed by atoms with E-state index in [-0.39, 0.29) is 20.4 Å². The second kappa shape index (κ2) is 29.5. The van der Waals surface area contributed by atoms with Crippen molar-refractivity contribution in [3.8, 4) is 0 Å². The van der Waals surface area contributed by atoms with Crippen LogP contribution in [0.5, 0.6) is 0 Å². The van der Waals surface area contributed by atoms with Crippen LogP contribution >= 0.6 is 0 Å². The fraction of sp³-hybridized carbons (Fsp3) is 0.633. The number of unbranched alkanes of at least 4 members (excludes halogenated alkanes) is 11. The van der Waals surface area contributed by atoms with Crippen LogP contribution in [0.4, 0.5) is 0 Å². The number of hydrogen-bond acceptors (Lipinski definition) is 0. The summed E-state index contributed by atoms with van der Waals surface area (Å²) in [6, 6.07) is 9.66. The van der Waals surface area contributed by atoms with Gasteiger partial charge in [0.2, 0.25) is 11.4 Å². The van der Waals surface area contributed by atoms with E-state index < -0.39 is 0 Å². The summed E-state index contributed by atoms with van der Waals surface area (Å²) >= 11 is 0. The first-order valence-electron chi connectivity index (χ1n) is 21.4. The van der Waals surface area contributed by atoms with Gasteiger partial charge < -0.3 is 19.4 Å². The van der Waals surface area contributed by atoms with E-state index in [4.69, 9.17) is 0 Å². The normalized spacial score (nSPS) is 12.4. The van der Waals surface area contributed by atoms with Gasteiger partial charge in [-0.05, 0) is 143 Å². The van der Waals surface area contributed by atoms with Crippen LogP contribution < -0.4 is 0 Å². The molecule has 0 fully saturated rings. The summed E-state index contributed by atoms with van der Waals surface area (Å²) in [5.41, 5.74) is 28.4. The van der Waals surface area contributed by atoms with Crippen LogP contribution in [0.2, 0.25) is 0 Å². The maximum atomic E-state index is 12.4. The quantitative estimate of drug-likeness (QED) is 0.0463. The number of rotatable bonds is 23. The van der Waals surface area contributed by atoms with Gasteiger partial charge in [-0.1, -0.05) is 105 Å². The van der Waals surface area contributed by atoms with Gasteiger partial charge in [0.1, 0.15) is 0 Å². The summed E-state index contributed by atoms with van der Waals surface area (Å²) in [6.07, 6.45) is 25.6. The fourth-order valence-electron chi connectivity index (χ4n) is 7.58. The molecule has 2 aromatic rings. The van der Waals surface area contributed by atoms with Gasteiger partial charge in [-0.15, -0.1) is 0 Å². The summed E-state index contributed by atoms with van der Waals surface area (Å²) in [5, 5.41) is 0. The molecule has 0 N–H and O–H groups in total. The summed E-state index contributed by atoms with van der Waals surface area (Å²) in [6.45, 7) is 28.2. The molecule has 0 aromatic heterocycles. The minimum atomic E-state index is 0. The molecule has 1 aliphatic heterocycles. The molecule has 0 bridgehead atoms. The smallest absolute Gasteiger partial charge is 0.493 e. The summed E-state index contributed by atoms with van der Waals surface area (Å²) in [5.74, 6) is 0. The Morgan fingerprint density at radius 2 is 0.808 bits per heavy atom. The Bertz CT molecular complexity index is 1310. The van der Waals surface area contributed by atoms with Crippen LogP contribution in [0.15, 0.2) is 35.4 Å². The monoisotopic (exact) mass is 803 g/mol. The molecule has 0 aliphatic carbocycles. The first-order chi connectivity index (χ1) is 24.8. The van der Waals surface area contributed by atoms with E-state index in [2.05, 4.69) is 93.5 Å². The van der Waals surface area contributed by atoms with Gasteiger partial charge in [0.05, 0.1) is 0 Å². The largest absolute Gasteiger partial charge is 2.00 e. The van der Waals surface area contributed by atoms with Crippen molar-refractivity contribution < 1.29 is 25.1 Å². The van der Waals surface area contributed by atoms with Gasteiger partial charge in [-0.2, -0.15) is 13.8 Å². The molecule has 2 aromatic carbocycles. The Hall–Kier alpha value is -1.82. The standard InChI is InChI=1S/C45H70N2.2C2H5.Pd/c1-9-14-19-22-25-37-32-40(33-38(26-23-20-15-10-2)41(37)29-24-21-16-11-3)45-43(28-18-13-5)42(27-17-12-4)44(47(45)46)39-30-34(6)36(8)35(7)31-39;2*1-2;/h30-33H,9-29H2,1-8H3;2*1H2,2H3;/q;2*-1;+2. The summed E-state index contributed by atoms with van der Waals surface area (Å²) in [4.78, 5) is 0. The molecule has 0 spiro atoms. The molecule has 0 amide bonds. The molecular weight excluding hydrogens is 723 g/mol. The van der Waals surface area contributed by atoms with E-state index in [0.717, 1.165) is 68.3 Å². The second-order valence-electron chi connectivity index (χ2n) is 14.6. The van der Waals surface area contributed by atoms with Crippen molar-refractivity contribution in [3.63, 3.8) is 0 Å². The molecule has 3 rings (SSSR count). The van der Waals surface area contributed by atoms with Crippen molar-refractivity contribution >= 4 is 11.4 Å². The molecule has 0 atom stereocenters. The molecule has 0 saturated heterocycles. The first-order valence-corrected chi connectivity index (χ1v) is 21.4. The zero-order valence-corrected chi connectivity index (χ0v) is 37.3. The molecular formula is C49H80N2Pd. The van der Waals surface area contributed by atoms with Crippen molar-refractivity contribution in [2.24, 2.45) is 0 Å². The maximum absolute atomic E-state index is 12.4. The van der Waals surface area contributed by atoms with Crippen molar-refractivity contribution in [1.82, 2.24) is 0 Å². The third-order valence-corrected chi connectivity index (χ3v) is 10.7. The third kappa shape index (κ3) is 15.1. The van der Waals surface area contributed by atoms with E-state index in [1.807, 2.05) is 0 Å². The van der Waals surface area contributed by atoms with Crippen molar-refractivity contribution in [2.45, 2.75) is 204 Å². The zero-order valence-electron chi connectivity index (χ0n) is 35.8. The number of hydrogen-bond donors (Lipinski definition) is 0. The Morgan fingerprint density at radius 1 is 0.462 bits per heavy atom. The van der Waals surface area contributed by atoms with Crippen LogP contribution in [0.1, 0.15) is 209 Å². The maximum Gasteiger partial charge on any atom is 2.00 e. The molecule has 1 aliphatic rings. The molecule has 1 heterocycles. The predicted octanol–water partition coefficient (Wildman–Crippen LogP) is 16.2. The molecule has 3 heteroatoms. The first kappa shape index (κ1) is 50.2. The van der Waals surface area contributed by atoms with Gasteiger partial charge in [0.15, 0.2) is 0 Å². The van der Waals surface area contributed by atoms with Crippen molar-refractivity contribution in [1.29, 1.82) is 0 Å². The van der Waals surface area contributed by atoms with E-state index in [1.54, 1.807) is 35.2 Å². The zero-order chi connectivity index (χ0) is 38.2.